The van der Waals surface area contributed by atoms with Crippen molar-refractivity contribution in [3.8, 4) is 0 Å². The van der Waals surface area contributed by atoms with Crippen molar-refractivity contribution in [1.29, 1.82) is 0 Å². The minimum absolute atomic E-state index is 0.782. The predicted octanol–water partition coefficient (Wildman–Crippen LogP) is 2.57. The van der Waals surface area contributed by atoms with Crippen molar-refractivity contribution in [3.05, 3.63) is 0 Å². The molecule has 0 spiro atoms. The van der Waals surface area contributed by atoms with Crippen LogP contribution >= 0.6 is 31.9 Å². The van der Waals surface area contributed by atoms with E-state index in [-0.39, 0.29) is 0 Å². The summed E-state index contributed by atoms with van der Waals surface area (Å²) in [5.74, 6) is 0. The van der Waals surface area contributed by atoms with Crippen molar-refractivity contribution in [2.75, 3.05) is 38.1 Å². The zero-order valence-corrected chi connectivity index (χ0v) is 17.3. The van der Waals surface area contributed by atoms with Crippen LogP contribution in [-0.2, 0) is 17.7 Å². The minimum Gasteiger partial charge on any atom is -0.400 e. The van der Waals surface area contributed by atoms with E-state index >= 15 is 0 Å². The van der Waals surface area contributed by atoms with Crippen molar-refractivity contribution in [2.24, 2.45) is 0 Å². The van der Waals surface area contributed by atoms with Gasteiger partial charge in [0.15, 0.2) is 0 Å². The third-order valence-electron chi connectivity index (χ3n) is 1.92. The largest absolute Gasteiger partial charge is 0.400 e. The second kappa shape index (κ2) is 18.2. The molecule has 0 aromatic heterocycles. The maximum Gasteiger partial charge on any atom is 0.322 e. The summed E-state index contributed by atoms with van der Waals surface area (Å²) < 4.78 is 20.9. The quantitative estimate of drug-likeness (QED) is 0.398. The van der Waals surface area contributed by atoms with Crippen LogP contribution in [0.25, 0.3) is 0 Å². The molecule has 0 aromatic rings. The molecule has 0 N–H and O–H groups in total. The van der Waals surface area contributed by atoms with Gasteiger partial charge >= 0.3 is 18.6 Å². The van der Waals surface area contributed by atoms with Crippen LogP contribution in [0.2, 0.25) is 12.1 Å². The van der Waals surface area contributed by atoms with Gasteiger partial charge in [-0.15, -0.1) is 0 Å². The fourth-order valence-corrected chi connectivity index (χ4v) is 5.53. The average molecular weight is 426 g/mol. The Hall–Kier alpha value is 1.23. The first-order valence-corrected chi connectivity index (χ1v) is 11.9. The zero-order valence-electron chi connectivity index (χ0n) is 11.8. The molecular weight excluding hydrogens is 400 g/mol. The highest BCUT2D eigenvalue weighted by atomic mass is 79.9. The number of rotatable bonds is 10. The molecule has 0 saturated heterocycles. The lowest BCUT2D eigenvalue weighted by molar-refractivity contribution is 0.215. The Kier molecular flexibility index (Phi) is 21.8. The van der Waals surface area contributed by atoms with Gasteiger partial charge in [0.05, 0.1) is 0 Å². The van der Waals surface area contributed by atoms with Crippen molar-refractivity contribution in [2.45, 2.75) is 25.9 Å². The molecule has 18 heavy (non-hydrogen) atoms. The summed E-state index contributed by atoms with van der Waals surface area (Å²) >= 11 is 6.67. The van der Waals surface area contributed by atoms with E-state index in [0.717, 1.165) is 36.0 Å². The van der Waals surface area contributed by atoms with Crippen LogP contribution in [0.4, 0.5) is 0 Å². The molecule has 0 aromatic carbocycles. The normalized spacial score (nSPS) is 10.7. The third-order valence-corrected chi connectivity index (χ3v) is 8.51. The van der Waals surface area contributed by atoms with E-state index in [1.54, 1.807) is 14.2 Å². The van der Waals surface area contributed by atoms with E-state index in [1.165, 1.54) is 0 Å². The topological polar surface area (TPSA) is 36.9 Å². The van der Waals surface area contributed by atoms with Crippen molar-refractivity contribution >= 4 is 50.4 Å². The van der Waals surface area contributed by atoms with Gasteiger partial charge in [-0.1, -0.05) is 31.9 Å². The van der Waals surface area contributed by atoms with Gasteiger partial charge in [0.25, 0.3) is 0 Å². The monoisotopic (exact) mass is 424 g/mol. The first-order valence-electron chi connectivity index (χ1n) is 6.10. The fourth-order valence-electron chi connectivity index (χ4n) is 1.10. The van der Waals surface area contributed by atoms with Gasteiger partial charge in [-0.3, -0.25) is 0 Å². The first kappa shape index (κ1) is 21.5. The molecule has 4 nitrogen and oxygen atoms in total. The van der Waals surface area contributed by atoms with E-state index in [1.807, 2.05) is 13.8 Å². The molecule has 0 fully saturated rings. The summed E-state index contributed by atoms with van der Waals surface area (Å²) in [7, 11) is 0.875. The van der Waals surface area contributed by atoms with E-state index in [4.69, 9.17) is 17.7 Å². The van der Waals surface area contributed by atoms with Crippen LogP contribution in [0.5, 0.6) is 0 Å². The maximum atomic E-state index is 5.41. The predicted molar refractivity (Wildman–Crippen MR) is 88.8 cm³/mol. The number of halogens is 2. The Morgan fingerprint density at radius 1 is 0.778 bits per heavy atom. The highest BCUT2D eigenvalue weighted by molar-refractivity contribution is 9.09. The van der Waals surface area contributed by atoms with Gasteiger partial charge in [-0.25, -0.2) is 0 Å². The smallest absolute Gasteiger partial charge is 0.322 e. The second-order valence-corrected chi connectivity index (χ2v) is 9.26. The van der Waals surface area contributed by atoms with Crippen LogP contribution in [0.15, 0.2) is 0 Å². The molecule has 0 saturated carbocycles. The summed E-state index contributed by atoms with van der Waals surface area (Å²) in [5, 5.41) is 1.97. The van der Waals surface area contributed by atoms with E-state index in [0.29, 0.717) is 0 Å². The lowest BCUT2D eigenvalue weighted by Crippen LogP contribution is -2.22. The molecule has 0 aliphatic heterocycles. The molecule has 0 bridgehead atoms. The Bertz CT molecular complexity index is 140. The molecule has 0 heterocycles. The third kappa shape index (κ3) is 15.3. The van der Waals surface area contributed by atoms with Crippen molar-refractivity contribution in [3.63, 3.8) is 0 Å². The Balaban J connectivity index is 0. The van der Waals surface area contributed by atoms with Gasteiger partial charge in [-0.2, -0.15) is 0 Å². The zero-order chi connectivity index (χ0) is 14.2. The van der Waals surface area contributed by atoms with E-state index < -0.39 is 18.6 Å². The van der Waals surface area contributed by atoms with Crippen molar-refractivity contribution in [1.82, 2.24) is 0 Å². The summed E-state index contributed by atoms with van der Waals surface area (Å²) in [6.45, 7) is 5.58. The second-order valence-electron chi connectivity index (χ2n) is 3.20. The molecule has 112 valence electrons. The van der Waals surface area contributed by atoms with Crippen LogP contribution in [0.1, 0.15) is 13.8 Å². The van der Waals surface area contributed by atoms with Crippen LogP contribution < -0.4 is 0 Å². The summed E-state index contributed by atoms with van der Waals surface area (Å²) in [5.41, 5.74) is 0. The summed E-state index contributed by atoms with van der Waals surface area (Å²) in [6.07, 6.45) is 0. The van der Waals surface area contributed by atoms with Gasteiger partial charge in [0.2, 0.25) is 0 Å². The molecule has 0 amide bonds. The van der Waals surface area contributed by atoms with Crippen LogP contribution in [-0.4, -0.2) is 56.7 Å². The molecule has 0 rings (SSSR count). The van der Waals surface area contributed by atoms with Crippen LogP contribution in [0.3, 0.4) is 0 Å². The van der Waals surface area contributed by atoms with Gasteiger partial charge in [0.1, 0.15) is 0 Å². The number of hydrogen-bond donors (Lipinski definition) is 0. The highest BCUT2D eigenvalue weighted by Gasteiger charge is 2.09. The Morgan fingerprint density at radius 2 is 1.17 bits per heavy atom. The number of alkyl halides is 2. The molecule has 0 aliphatic carbocycles. The average Bonchev–Trinajstić information content (AvgIpc) is 2.38. The van der Waals surface area contributed by atoms with E-state index in [9.17, 15) is 0 Å². The van der Waals surface area contributed by atoms with Crippen molar-refractivity contribution < 1.29 is 17.7 Å². The standard InChI is InChI=1S/C6H15BrO2Si.C4H11BrO2Si/c1-3-8-10(6-5-7)9-4-2;1-6-8(7-2)4-3-5/h10H,3-6H2,1-2H3;8H,3-4H2,1-2H3. The Morgan fingerprint density at radius 3 is 1.39 bits per heavy atom. The van der Waals surface area contributed by atoms with Gasteiger partial charge in [-0.05, 0) is 25.9 Å². The van der Waals surface area contributed by atoms with E-state index in [2.05, 4.69) is 31.9 Å². The van der Waals surface area contributed by atoms with Gasteiger partial charge < -0.3 is 17.7 Å². The molecule has 0 unspecified atom stereocenters. The highest BCUT2D eigenvalue weighted by Crippen LogP contribution is 1.99. The molecule has 0 aliphatic rings. The molecular formula is C10H26Br2O4Si2. The SMILES string of the molecule is CCO[SiH](CCBr)OCC.CO[SiH](CCBr)OC. The maximum absolute atomic E-state index is 5.41. The lowest BCUT2D eigenvalue weighted by atomic mass is 10.9. The molecule has 8 heteroatoms. The molecule has 0 radical (unpaired) electrons. The Labute approximate surface area is 132 Å². The molecule has 0 atom stereocenters. The minimum atomic E-state index is -1.28. The lowest BCUT2D eigenvalue weighted by Gasteiger charge is -2.12. The summed E-state index contributed by atoms with van der Waals surface area (Å²) in [6, 6.07) is 2.09. The first-order chi connectivity index (χ1) is 8.69. The summed E-state index contributed by atoms with van der Waals surface area (Å²) in [4.78, 5) is 0. The number of hydrogen-bond acceptors (Lipinski definition) is 4. The fraction of sp³-hybridized carbons (Fsp3) is 1.00. The van der Waals surface area contributed by atoms with Gasteiger partial charge in [0, 0.05) is 38.1 Å². The van der Waals surface area contributed by atoms with Crippen LogP contribution in [0, 0.1) is 0 Å².